The van der Waals surface area contributed by atoms with E-state index < -0.39 is 52.5 Å². The van der Waals surface area contributed by atoms with Crippen LogP contribution in [0.25, 0.3) is 10.9 Å². The number of aromatic nitrogens is 1. The number of nitrogens with zero attached hydrogens (tertiary/aromatic N) is 2. The maximum Gasteiger partial charge on any atom is 0.407 e. The Morgan fingerprint density at radius 3 is 2.48 bits per heavy atom. The Morgan fingerprint density at radius 2 is 1.97 bits per heavy atom. The van der Waals surface area contributed by atoms with Crippen molar-refractivity contribution < 1.29 is 41.7 Å². The van der Waals surface area contributed by atoms with E-state index in [4.69, 9.17) is 9.47 Å². The summed E-state index contributed by atoms with van der Waals surface area (Å²) in [6.45, 7) is -1.02. The number of carboxylic acids is 1. The maximum atomic E-state index is 15.2. The SMILES string of the molecule is COc1c(N2CCC3(CC2)COC(=O)N3)c(F)cc2c(=O)c(C(=O)O)cn(CC(F)(F)F)c12. The van der Waals surface area contributed by atoms with Gasteiger partial charge in [0.1, 0.15) is 24.4 Å². The van der Waals surface area contributed by atoms with Crippen molar-refractivity contribution in [3.8, 4) is 5.75 Å². The van der Waals surface area contributed by atoms with Gasteiger partial charge in [0, 0.05) is 19.3 Å². The molecule has 9 nitrogen and oxygen atoms in total. The second-order valence-corrected chi connectivity index (χ2v) is 8.03. The second kappa shape index (κ2) is 7.81. The van der Waals surface area contributed by atoms with Crippen LogP contribution in [-0.2, 0) is 11.3 Å². The zero-order chi connectivity index (χ0) is 24.1. The van der Waals surface area contributed by atoms with Crippen molar-refractivity contribution in [2.45, 2.75) is 31.1 Å². The van der Waals surface area contributed by atoms with Crippen LogP contribution in [0, 0.1) is 5.82 Å². The number of pyridine rings is 1. The molecule has 13 heteroatoms. The first-order valence-corrected chi connectivity index (χ1v) is 9.88. The number of ether oxygens (including phenoxy) is 2. The molecule has 0 aliphatic carbocycles. The van der Waals surface area contributed by atoms with Gasteiger partial charge in [-0.05, 0) is 18.9 Å². The van der Waals surface area contributed by atoms with E-state index in [-0.39, 0.29) is 36.6 Å². The summed E-state index contributed by atoms with van der Waals surface area (Å²) in [5.41, 5.74) is -3.16. The molecule has 0 saturated carbocycles. The summed E-state index contributed by atoms with van der Waals surface area (Å²) in [5.74, 6) is -2.99. The van der Waals surface area contributed by atoms with Gasteiger partial charge in [-0.3, -0.25) is 4.79 Å². The quantitative estimate of drug-likeness (QED) is 0.657. The highest BCUT2D eigenvalue weighted by molar-refractivity contribution is 5.97. The van der Waals surface area contributed by atoms with E-state index in [9.17, 15) is 32.7 Å². The van der Waals surface area contributed by atoms with Gasteiger partial charge in [-0.25, -0.2) is 14.0 Å². The fraction of sp³-hybridized carbons (Fsp3) is 0.450. The molecular weight excluding hydrogens is 454 g/mol. The van der Waals surface area contributed by atoms with Crippen LogP contribution in [0.15, 0.2) is 17.1 Å². The van der Waals surface area contributed by atoms with E-state index in [2.05, 4.69) is 5.32 Å². The Hall–Kier alpha value is -3.51. The molecular formula is C20H19F4N3O6. The summed E-state index contributed by atoms with van der Waals surface area (Å²) in [6.07, 6.45) is -3.96. The third-order valence-corrected chi connectivity index (χ3v) is 5.91. The lowest BCUT2D eigenvalue weighted by atomic mass is 9.88. The van der Waals surface area contributed by atoms with Gasteiger partial charge < -0.3 is 29.4 Å². The highest BCUT2D eigenvalue weighted by Crippen LogP contribution is 2.41. The van der Waals surface area contributed by atoms with Gasteiger partial charge in [0.2, 0.25) is 5.43 Å². The number of amides is 1. The van der Waals surface area contributed by atoms with Gasteiger partial charge in [-0.1, -0.05) is 0 Å². The van der Waals surface area contributed by atoms with Crippen molar-refractivity contribution in [3.05, 3.63) is 33.9 Å². The number of benzene rings is 1. The topological polar surface area (TPSA) is 110 Å². The largest absolute Gasteiger partial charge is 0.492 e. The zero-order valence-corrected chi connectivity index (χ0v) is 17.3. The number of halogens is 4. The van der Waals surface area contributed by atoms with Crippen LogP contribution < -0.4 is 20.4 Å². The highest BCUT2D eigenvalue weighted by Gasteiger charge is 2.43. The first kappa shape index (κ1) is 22.7. The van der Waals surface area contributed by atoms with Crippen molar-refractivity contribution in [1.29, 1.82) is 0 Å². The molecule has 2 aliphatic heterocycles. The van der Waals surface area contributed by atoms with Crippen LogP contribution in [0.3, 0.4) is 0 Å². The summed E-state index contributed by atoms with van der Waals surface area (Å²) in [4.78, 5) is 37.0. The monoisotopic (exact) mass is 473 g/mol. The number of anilines is 1. The predicted molar refractivity (Wildman–Crippen MR) is 106 cm³/mol. The second-order valence-electron chi connectivity index (χ2n) is 8.03. The third kappa shape index (κ3) is 4.02. The number of methoxy groups -OCH3 is 1. The van der Waals surface area contributed by atoms with Crippen LogP contribution >= 0.6 is 0 Å². The van der Waals surface area contributed by atoms with Crippen LogP contribution in [0.4, 0.5) is 28.0 Å². The van der Waals surface area contributed by atoms with Crippen LogP contribution in [-0.4, -0.2) is 60.3 Å². The van der Waals surface area contributed by atoms with E-state index in [0.717, 1.165) is 13.2 Å². The molecule has 2 aromatic rings. The van der Waals surface area contributed by atoms with Crippen molar-refractivity contribution in [3.63, 3.8) is 0 Å². The molecule has 2 aliphatic rings. The minimum Gasteiger partial charge on any atom is -0.492 e. The number of piperidine rings is 1. The molecule has 0 radical (unpaired) electrons. The lowest BCUT2D eigenvalue weighted by Crippen LogP contribution is -2.52. The van der Waals surface area contributed by atoms with Crippen LogP contribution in [0.1, 0.15) is 23.2 Å². The minimum atomic E-state index is -4.75. The van der Waals surface area contributed by atoms with Gasteiger partial charge in [-0.15, -0.1) is 0 Å². The first-order chi connectivity index (χ1) is 15.4. The number of hydrogen-bond donors (Lipinski definition) is 2. The van der Waals surface area contributed by atoms with Crippen LogP contribution in [0.2, 0.25) is 0 Å². The van der Waals surface area contributed by atoms with E-state index in [1.54, 1.807) is 4.90 Å². The number of fused-ring (bicyclic) bond motifs is 1. The number of carboxylic acid groups (broad SMARTS) is 1. The summed E-state index contributed by atoms with van der Waals surface area (Å²) >= 11 is 0. The molecule has 1 aromatic heterocycles. The Labute approximate surface area is 183 Å². The van der Waals surface area contributed by atoms with Gasteiger partial charge in [-0.2, -0.15) is 13.2 Å². The number of nitrogens with one attached hydrogen (secondary N) is 1. The predicted octanol–water partition coefficient (Wildman–Crippen LogP) is 2.49. The van der Waals surface area contributed by atoms with E-state index >= 15 is 4.39 Å². The number of hydrogen-bond acceptors (Lipinski definition) is 6. The molecule has 1 aromatic carbocycles. The fourth-order valence-corrected chi connectivity index (χ4v) is 4.37. The van der Waals surface area contributed by atoms with Crippen molar-refractivity contribution >= 4 is 28.7 Å². The Balaban J connectivity index is 1.86. The first-order valence-electron chi connectivity index (χ1n) is 9.88. The molecule has 2 fully saturated rings. The van der Waals surface area contributed by atoms with Crippen molar-refractivity contribution in [1.82, 2.24) is 9.88 Å². The molecule has 0 bridgehead atoms. The van der Waals surface area contributed by atoms with Crippen molar-refractivity contribution in [2.75, 3.05) is 31.7 Å². The molecule has 0 atom stereocenters. The number of aromatic carboxylic acids is 1. The van der Waals surface area contributed by atoms with Gasteiger partial charge in [0.05, 0.1) is 23.6 Å². The molecule has 1 amide bonds. The van der Waals surface area contributed by atoms with Gasteiger partial charge in [0.15, 0.2) is 11.6 Å². The van der Waals surface area contributed by atoms with Crippen molar-refractivity contribution in [2.24, 2.45) is 0 Å². The van der Waals surface area contributed by atoms with E-state index in [1.165, 1.54) is 0 Å². The smallest absolute Gasteiger partial charge is 0.407 e. The average Bonchev–Trinajstić information content (AvgIpc) is 3.09. The summed E-state index contributed by atoms with van der Waals surface area (Å²) < 4.78 is 65.8. The highest BCUT2D eigenvalue weighted by atomic mass is 19.4. The Kier molecular flexibility index (Phi) is 5.37. The summed E-state index contributed by atoms with van der Waals surface area (Å²) in [5, 5.41) is 11.4. The minimum absolute atomic E-state index is 0.150. The number of carbonyl (C=O) groups excluding carboxylic acids is 1. The molecule has 2 N–H and O–H groups in total. The third-order valence-electron chi connectivity index (χ3n) is 5.91. The molecule has 2 saturated heterocycles. The Morgan fingerprint density at radius 1 is 1.30 bits per heavy atom. The molecule has 4 rings (SSSR count). The number of carbonyl (C=O) groups is 2. The zero-order valence-electron chi connectivity index (χ0n) is 17.3. The van der Waals surface area contributed by atoms with Gasteiger partial charge >= 0.3 is 18.2 Å². The van der Waals surface area contributed by atoms with Gasteiger partial charge in [0.25, 0.3) is 0 Å². The van der Waals surface area contributed by atoms with E-state index in [0.29, 0.717) is 23.6 Å². The Bertz CT molecular complexity index is 1200. The maximum absolute atomic E-state index is 15.2. The lowest BCUT2D eigenvalue weighted by Gasteiger charge is -2.39. The average molecular weight is 473 g/mol. The molecule has 178 valence electrons. The summed E-state index contributed by atoms with van der Waals surface area (Å²) in [7, 11) is 1.13. The number of cyclic esters (lactones) is 1. The standard InChI is InChI=1S/C20H19F4N3O6/c1-32-16-13-10(15(28)11(17(29)30)7-27(13)8-20(22,23)24)6-12(21)14(16)26-4-2-19(3-5-26)9-33-18(31)25-19/h6-7H,2-5,8-9H2,1H3,(H,25,31)(H,29,30). The lowest BCUT2D eigenvalue weighted by molar-refractivity contribution is -0.140. The van der Waals surface area contributed by atoms with Crippen LogP contribution in [0.5, 0.6) is 5.75 Å². The molecule has 3 heterocycles. The fourth-order valence-electron chi connectivity index (χ4n) is 4.37. The number of alkyl carbamates (subject to hydrolysis) is 1. The molecule has 33 heavy (non-hydrogen) atoms. The summed E-state index contributed by atoms with van der Waals surface area (Å²) in [6, 6.07) is 0.736. The van der Waals surface area contributed by atoms with E-state index in [1.807, 2.05) is 0 Å². The normalized spacial score (nSPS) is 17.8. The number of rotatable bonds is 4. The number of alkyl halides is 3. The molecule has 1 spiro atoms. The molecule has 0 unspecified atom stereocenters.